The van der Waals surface area contributed by atoms with Crippen molar-refractivity contribution in [3.05, 3.63) is 0 Å². The van der Waals surface area contributed by atoms with Crippen LogP contribution in [0.2, 0.25) is 0 Å². The topological polar surface area (TPSA) is 387 Å². The number of hydrogen-bond donors (Lipinski definition) is 13. The summed E-state index contributed by atoms with van der Waals surface area (Å²) in [5.74, 6) is -6.76. The summed E-state index contributed by atoms with van der Waals surface area (Å²) in [4.78, 5) is 36.4. The number of aliphatic carboxylic acids is 1. The lowest BCUT2D eigenvalue weighted by Crippen LogP contribution is -2.71. The van der Waals surface area contributed by atoms with E-state index in [1.54, 1.807) is 0 Å². The number of aliphatic hydroxyl groups excluding tert-OH is 9. The van der Waals surface area contributed by atoms with E-state index in [0.717, 1.165) is 13.8 Å². The number of aliphatic hydroxyl groups is 9. The first-order chi connectivity index (χ1) is 23.2. The molecule has 24 nitrogen and oxygen atoms in total. The molecule has 3 rings (SSSR count). The van der Waals surface area contributed by atoms with Crippen molar-refractivity contribution in [1.82, 2.24) is 10.6 Å². The zero-order valence-corrected chi connectivity index (χ0v) is 27.1. The van der Waals surface area contributed by atoms with E-state index < -0.39 is 152 Å². The predicted octanol–water partition coefficient (Wildman–Crippen LogP) is -8.25. The summed E-state index contributed by atoms with van der Waals surface area (Å²) in [6, 6.07) is -3.30. The van der Waals surface area contributed by atoms with Crippen LogP contribution in [0.1, 0.15) is 20.3 Å². The van der Waals surface area contributed by atoms with Gasteiger partial charge in [0.2, 0.25) is 11.8 Å². The number of carbonyl (C=O) groups excluding carboxylic acids is 2. The molecule has 16 atom stereocenters. The van der Waals surface area contributed by atoms with Crippen LogP contribution < -0.4 is 10.6 Å². The Morgan fingerprint density at radius 2 is 1.48 bits per heavy atom. The van der Waals surface area contributed by atoms with Gasteiger partial charge >= 0.3 is 16.4 Å². The van der Waals surface area contributed by atoms with Crippen LogP contribution in [0.5, 0.6) is 0 Å². The first kappa shape index (κ1) is 42.1. The third-order valence-corrected chi connectivity index (χ3v) is 8.50. The quantitative estimate of drug-likeness (QED) is 0.0732. The molecule has 1 unspecified atom stereocenters. The normalized spacial score (nSPS) is 40.8. The summed E-state index contributed by atoms with van der Waals surface area (Å²) in [6.45, 7) is -1.27. The number of ether oxygens (including phenoxy) is 5. The summed E-state index contributed by atoms with van der Waals surface area (Å²) in [6.07, 6.45) is -27.6. The van der Waals surface area contributed by atoms with Crippen molar-refractivity contribution in [3.8, 4) is 0 Å². The van der Waals surface area contributed by atoms with Gasteiger partial charge in [-0.05, 0) is 0 Å². The van der Waals surface area contributed by atoms with Gasteiger partial charge in [-0.15, -0.1) is 0 Å². The van der Waals surface area contributed by atoms with E-state index in [1.165, 1.54) is 0 Å². The summed E-state index contributed by atoms with van der Waals surface area (Å²) in [5.41, 5.74) is 0. The lowest BCUT2D eigenvalue weighted by molar-refractivity contribution is -0.380. The van der Waals surface area contributed by atoms with Crippen LogP contribution in [-0.2, 0) is 52.7 Å². The highest BCUT2D eigenvalue weighted by Gasteiger charge is 2.60. The minimum Gasteiger partial charge on any atom is -0.477 e. The molecule has 0 aromatic rings. The van der Waals surface area contributed by atoms with Crippen molar-refractivity contribution < 1.29 is 106 Å². The van der Waals surface area contributed by atoms with Crippen LogP contribution >= 0.6 is 0 Å². The zero-order valence-electron chi connectivity index (χ0n) is 26.3. The molecule has 0 aromatic carbocycles. The van der Waals surface area contributed by atoms with E-state index in [9.17, 15) is 73.9 Å². The van der Waals surface area contributed by atoms with Gasteiger partial charge in [-0.3, -0.25) is 14.1 Å². The smallest absolute Gasteiger partial charge is 0.397 e. The average molecular weight is 755 g/mol. The van der Waals surface area contributed by atoms with E-state index >= 15 is 0 Å². The number of carboxylic acids is 1. The number of carbonyl (C=O) groups is 3. The SMILES string of the molecule is CC(=O)N[C@H]1[C@H]([C@H](O)[C@H](O)CO)O[C@@](O[C@H]2[C@@H](O)[C@@H](CO)O[C@@H](O[C@H]3[C@@H](O)[C@@H](COS(=O)(=O)O)OC(O)[C@@H]3NC(C)=O)[C@@H]2O)(C(=O)O)C[C@@H]1O. The highest BCUT2D eigenvalue weighted by molar-refractivity contribution is 7.80. The van der Waals surface area contributed by atoms with Gasteiger partial charge in [0.15, 0.2) is 12.6 Å². The van der Waals surface area contributed by atoms with Gasteiger partial charge in [0.05, 0.1) is 32.0 Å². The van der Waals surface area contributed by atoms with Crippen LogP contribution in [-0.4, -0.2) is 199 Å². The summed E-state index contributed by atoms with van der Waals surface area (Å²) in [5, 5.41) is 109. The predicted molar refractivity (Wildman–Crippen MR) is 152 cm³/mol. The summed E-state index contributed by atoms with van der Waals surface area (Å²) in [7, 11) is -5.09. The molecule has 3 aliphatic heterocycles. The second-order valence-electron chi connectivity index (χ2n) is 11.8. The van der Waals surface area contributed by atoms with Crippen LogP contribution in [0, 0.1) is 0 Å². The maximum atomic E-state index is 12.7. The lowest BCUT2D eigenvalue weighted by atomic mass is 9.88. The van der Waals surface area contributed by atoms with E-state index in [4.69, 9.17) is 28.2 Å². The van der Waals surface area contributed by atoms with Crippen molar-refractivity contribution >= 4 is 28.2 Å². The Kier molecular flexibility index (Phi) is 14.4. The van der Waals surface area contributed by atoms with E-state index in [1.807, 2.05) is 0 Å². The molecule has 0 aromatic heterocycles. The van der Waals surface area contributed by atoms with E-state index in [2.05, 4.69) is 14.8 Å². The minimum atomic E-state index is -5.09. The monoisotopic (exact) mass is 754 g/mol. The van der Waals surface area contributed by atoms with E-state index in [-0.39, 0.29) is 0 Å². The van der Waals surface area contributed by atoms with Gasteiger partial charge in [0.1, 0.15) is 67.1 Å². The number of nitrogens with one attached hydrogen (secondary N) is 2. The van der Waals surface area contributed by atoms with Gasteiger partial charge in [-0.1, -0.05) is 0 Å². The minimum absolute atomic E-state index is 0.789. The van der Waals surface area contributed by atoms with Crippen LogP contribution in [0.25, 0.3) is 0 Å². The summed E-state index contributed by atoms with van der Waals surface area (Å²) < 4.78 is 62.5. The molecule has 3 saturated heterocycles. The maximum absolute atomic E-state index is 12.7. The molecule has 0 spiro atoms. The van der Waals surface area contributed by atoms with Crippen molar-refractivity contribution in [2.24, 2.45) is 0 Å². The number of hydrogen-bond acceptors (Lipinski definition) is 20. The Balaban J connectivity index is 1.99. The fraction of sp³-hybridized carbons (Fsp3) is 0.880. The Bertz CT molecular complexity index is 1290. The van der Waals surface area contributed by atoms with Gasteiger partial charge in [-0.25, -0.2) is 8.98 Å². The second kappa shape index (κ2) is 17.0. The van der Waals surface area contributed by atoms with Crippen LogP contribution in [0.15, 0.2) is 0 Å². The first-order valence-electron chi connectivity index (χ1n) is 14.9. The number of rotatable bonds is 14. The molecule has 3 heterocycles. The van der Waals surface area contributed by atoms with Crippen LogP contribution in [0.3, 0.4) is 0 Å². The number of carboxylic acid groups (broad SMARTS) is 1. The Labute approximate surface area is 283 Å². The highest BCUT2D eigenvalue weighted by Crippen LogP contribution is 2.38. The molecule has 290 valence electrons. The average Bonchev–Trinajstić information content (AvgIpc) is 3.02. The van der Waals surface area contributed by atoms with Crippen molar-refractivity contribution in [1.29, 1.82) is 0 Å². The molecule has 0 radical (unpaired) electrons. The Hall–Kier alpha value is -2.28. The molecular weight excluding hydrogens is 712 g/mol. The fourth-order valence-corrected chi connectivity index (χ4v) is 6.01. The van der Waals surface area contributed by atoms with Crippen molar-refractivity contribution in [2.75, 3.05) is 19.8 Å². The lowest BCUT2D eigenvalue weighted by Gasteiger charge is -2.50. The van der Waals surface area contributed by atoms with E-state index in [0.29, 0.717) is 0 Å². The standard InChI is InChI=1S/C25H42N2O22S/c1-7(30)26-13-9(32)3-25(24(39)40,48-20(13)15(34)10(33)4-28)49-21-16(35)11(5-29)46-23(18(21)37)47-19-14(27-8(2)31)22(38)45-12(17(19)36)6-44-50(41,42)43/h9-23,28-29,32-38H,3-6H2,1-2H3,(H,26,30)(H,27,31)(H,39,40)(H,41,42,43)/t9-,10+,11+,12+,13+,14+,15+,16-,17-,18+,19+,20+,21-,22?,23-,25-/m0/s1. The molecule has 25 heteroatoms. The van der Waals surface area contributed by atoms with Crippen molar-refractivity contribution in [2.45, 2.75) is 118 Å². The summed E-state index contributed by atoms with van der Waals surface area (Å²) >= 11 is 0. The largest absolute Gasteiger partial charge is 0.477 e. The second-order valence-corrected chi connectivity index (χ2v) is 12.9. The highest BCUT2D eigenvalue weighted by atomic mass is 32.3. The molecular formula is C25H42N2O22S. The first-order valence-corrected chi connectivity index (χ1v) is 16.2. The van der Waals surface area contributed by atoms with Gasteiger partial charge in [0.25, 0.3) is 5.79 Å². The Morgan fingerprint density at radius 3 is 2.00 bits per heavy atom. The molecule has 3 aliphatic rings. The van der Waals surface area contributed by atoms with Gasteiger partial charge in [0, 0.05) is 20.3 Å². The molecule has 3 fully saturated rings. The van der Waals surface area contributed by atoms with Crippen molar-refractivity contribution in [3.63, 3.8) is 0 Å². The zero-order chi connectivity index (χ0) is 37.9. The third-order valence-electron chi connectivity index (χ3n) is 8.07. The Morgan fingerprint density at radius 1 is 0.900 bits per heavy atom. The number of amides is 2. The maximum Gasteiger partial charge on any atom is 0.397 e. The van der Waals surface area contributed by atoms with Gasteiger partial charge in [-0.2, -0.15) is 8.42 Å². The molecule has 13 N–H and O–H groups in total. The molecule has 50 heavy (non-hydrogen) atoms. The fourth-order valence-electron chi connectivity index (χ4n) is 5.70. The van der Waals surface area contributed by atoms with Crippen LogP contribution in [0.4, 0.5) is 0 Å². The van der Waals surface area contributed by atoms with Gasteiger partial charge < -0.3 is 85.4 Å². The third kappa shape index (κ3) is 9.77. The molecule has 2 amide bonds. The molecule has 0 bridgehead atoms. The molecule has 0 saturated carbocycles. The molecule has 0 aliphatic carbocycles.